The summed E-state index contributed by atoms with van der Waals surface area (Å²) in [6.07, 6.45) is 0.489. The van der Waals surface area contributed by atoms with Crippen molar-refractivity contribution in [2.75, 3.05) is 39.5 Å². The van der Waals surface area contributed by atoms with Crippen molar-refractivity contribution in [3.63, 3.8) is 0 Å². The molecule has 1 fully saturated rings. The van der Waals surface area contributed by atoms with E-state index in [0.717, 1.165) is 32.1 Å². The number of hydrogen-bond donors (Lipinski definition) is 1. The highest BCUT2D eigenvalue weighted by atomic mass is 16.5. The zero-order valence-electron chi connectivity index (χ0n) is 17.5. The Hall–Kier alpha value is -2.37. The minimum Gasteiger partial charge on any atom is -0.494 e. The van der Waals surface area contributed by atoms with Gasteiger partial charge < -0.3 is 14.8 Å². The summed E-state index contributed by atoms with van der Waals surface area (Å²) in [7, 11) is 0. The third-order valence-corrected chi connectivity index (χ3v) is 5.42. The van der Waals surface area contributed by atoms with Crippen molar-refractivity contribution in [3.8, 4) is 5.75 Å². The number of morpholine rings is 1. The first kappa shape index (κ1) is 21.3. The molecule has 1 aliphatic heterocycles. The third kappa shape index (κ3) is 6.31. The first-order valence-electron chi connectivity index (χ1n) is 10.5. The largest absolute Gasteiger partial charge is 0.494 e. The molecule has 0 aliphatic carbocycles. The van der Waals surface area contributed by atoms with Gasteiger partial charge in [-0.3, -0.25) is 9.69 Å². The van der Waals surface area contributed by atoms with Crippen LogP contribution in [0.3, 0.4) is 0 Å². The summed E-state index contributed by atoms with van der Waals surface area (Å²) in [4.78, 5) is 15.0. The smallest absolute Gasteiger partial charge is 0.220 e. The van der Waals surface area contributed by atoms with Crippen LogP contribution in [0.4, 0.5) is 0 Å². The number of amides is 1. The topological polar surface area (TPSA) is 50.8 Å². The quantitative estimate of drug-likeness (QED) is 0.701. The molecule has 2 aromatic carbocycles. The zero-order valence-corrected chi connectivity index (χ0v) is 17.5. The Morgan fingerprint density at radius 3 is 2.41 bits per heavy atom. The van der Waals surface area contributed by atoms with E-state index in [0.29, 0.717) is 19.6 Å². The molecular formula is C24H32N2O3. The van der Waals surface area contributed by atoms with Crippen molar-refractivity contribution in [1.29, 1.82) is 0 Å². The van der Waals surface area contributed by atoms with Crippen LogP contribution in [0.5, 0.6) is 5.75 Å². The molecule has 29 heavy (non-hydrogen) atoms. The first-order valence-corrected chi connectivity index (χ1v) is 10.5. The van der Waals surface area contributed by atoms with Crippen LogP contribution in [0.15, 0.2) is 54.6 Å². The van der Waals surface area contributed by atoms with Crippen LogP contribution in [0.2, 0.25) is 0 Å². The highest BCUT2D eigenvalue weighted by Gasteiger charge is 2.23. The normalized spacial score (nSPS) is 16.8. The van der Waals surface area contributed by atoms with E-state index < -0.39 is 0 Å². The van der Waals surface area contributed by atoms with Gasteiger partial charge in [0.1, 0.15) is 5.75 Å². The van der Waals surface area contributed by atoms with Gasteiger partial charge in [0, 0.05) is 26.1 Å². The average molecular weight is 397 g/mol. The highest BCUT2D eigenvalue weighted by Crippen LogP contribution is 2.24. The van der Waals surface area contributed by atoms with E-state index in [-0.39, 0.29) is 17.9 Å². The van der Waals surface area contributed by atoms with Gasteiger partial charge in [-0.2, -0.15) is 0 Å². The molecule has 0 bridgehead atoms. The van der Waals surface area contributed by atoms with Crippen LogP contribution >= 0.6 is 0 Å². The molecule has 1 N–H and O–H groups in total. The van der Waals surface area contributed by atoms with Crippen LogP contribution in [-0.2, 0) is 9.53 Å². The van der Waals surface area contributed by atoms with Crippen molar-refractivity contribution >= 4 is 5.91 Å². The summed E-state index contributed by atoms with van der Waals surface area (Å²) in [5, 5.41) is 3.17. The lowest BCUT2D eigenvalue weighted by Crippen LogP contribution is -2.43. The van der Waals surface area contributed by atoms with E-state index in [4.69, 9.17) is 9.47 Å². The lowest BCUT2D eigenvalue weighted by molar-refractivity contribution is -0.121. The number of carbonyl (C=O) groups excluding carboxylic acids is 1. The molecule has 5 nitrogen and oxygen atoms in total. The number of ether oxygens (including phenoxy) is 2. The number of carbonyl (C=O) groups is 1. The van der Waals surface area contributed by atoms with Gasteiger partial charge in [-0.25, -0.2) is 0 Å². The van der Waals surface area contributed by atoms with E-state index in [1.807, 2.05) is 37.3 Å². The molecule has 0 aromatic heterocycles. The molecule has 1 aliphatic rings. The fourth-order valence-corrected chi connectivity index (χ4v) is 3.76. The molecule has 0 saturated carbocycles. The van der Waals surface area contributed by atoms with Crippen LogP contribution < -0.4 is 10.1 Å². The van der Waals surface area contributed by atoms with E-state index in [2.05, 4.69) is 41.4 Å². The molecule has 1 heterocycles. The van der Waals surface area contributed by atoms with E-state index in [9.17, 15) is 4.79 Å². The average Bonchev–Trinajstić information content (AvgIpc) is 2.76. The molecule has 2 atom stereocenters. The summed E-state index contributed by atoms with van der Waals surface area (Å²) >= 11 is 0. The Labute approximate surface area is 174 Å². The second-order valence-corrected chi connectivity index (χ2v) is 7.49. The van der Waals surface area contributed by atoms with Crippen molar-refractivity contribution in [2.24, 2.45) is 0 Å². The summed E-state index contributed by atoms with van der Waals surface area (Å²) < 4.78 is 11.1. The Balaban J connectivity index is 1.62. The number of nitrogens with one attached hydrogen (secondary N) is 1. The predicted octanol–water partition coefficient (Wildman–Crippen LogP) is 3.77. The Kier molecular flexibility index (Phi) is 8.08. The summed E-state index contributed by atoms with van der Waals surface area (Å²) in [5.74, 6) is 1.16. The summed E-state index contributed by atoms with van der Waals surface area (Å²) in [5.41, 5.74) is 2.38. The van der Waals surface area contributed by atoms with Gasteiger partial charge in [-0.15, -0.1) is 0 Å². The summed E-state index contributed by atoms with van der Waals surface area (Å²) in [6.45, 7) is 8.52. The molecule has 1 saturated heterocycles. The minimum atomic E-state index is 0.0885. The molecule has 0 radical (unpaired) electrons. The van der Waals surface area contributed by atoms with Gasteiger partial charge in [-0.05, 0) is 36.1 Å². The zero-order chi connectivity index (χ0) is 20.5. The molecule has 1 amide bonds. The molecule has 0 spiro atoms. The molecular weight excluding hydrogens is 364 g/mol. The van der Waals surface area contributed by atoms with Crippen molar-refractivity contribution in [3.05, 3.63) is 65.7 Å². The molecule has 2 aromatic rings. The number of hydrogen-bond acceptors (Lipinski definition) is 4. The molecule has 3 rings (SSSR count). The van der Waals surface area contributed by atoms with Crippen LogP contribution in [0.25, 0.3) is 0 Å². The fourth-order valence-electron chi connectivity index (χ4n) is 3.76. The second-order valence-electron chi connectivity index (χ2n) is 7.49. The monoisotopic (exact) mass is 396 g/mol. The van der Waals surface area contributed by atoms with E-state index in [1.165, 1.54) is 11.1 Å². The predicted molar refractivity (Wildman–Crippen MR) is 115 cm³/mol. The molecule has 2 unspecified atom stereocenters. The Bertz CT molecular complexity index is 742. The third-order valence-electron chi connectivity index (χ3n) is 5.42. The van der Waals surface area contributed by atoms with Crippen LogP contribution in [0.1, 0.15) is 43.4 Å². The van der Waals surface area contributed by atoms with Gasteiger partial charge in [0.25, 0.3) is 0 Å². The fraction of sp³-hybridized carbons (Fsp3) is 0.458. The van der Waals surface area contributed by atoms with Crippen molar-refractivity contribution < 1.29 is 14.3 Å². The maximum absolute atomic E-state index is 12.6. The first-order chi connectivity index (χ1) is 14.2. The SMILES string of the molecule is CCOc1ccc(C(CNC(=O)CC(C)c2ccccc2)N2CCOCC2)cc1. The van der Waals surface area contributed by atoms with Crippen LogP contribution in [0, 0.1) is 0 Å². The van der Waals surface area contributed by atoms with Gasteiger partial charge in [0.2, 0.25) is 5.91 Å². The van der Waals surface area contributed by atoms with Gasteiger partial charge in [-0.1, -0.05) is 49.4 Å². The standard InChI is InChI=1S/C24H32N2O3/c1-3-29-22-11-9-21(10-12-22)23(26-13-15-28-16-14-26)18-25-24(27)17-19(2)20-7-5-4-6-8-20/h4-12,19,23H,3,13-18H2,1-2H3,(H,25,27). The van der Waals surface area contributed by atoms with Crippen molar-refractivity contribution in [1.82, 2.24) is 10.2 Å². The van der Waals surface area contributed by atoms with E-state index in [1.54, 1.807) is 0 Å². The molecule has 156 valence electrons. The van der Waals surface area contributed by atoms with Gasteiger partial charge >= 0.3 is 0 Å². The van der Waals surface area contributed by atoms with E-state index >= 15 is 0 Å². The Morgan fingerprint density at radius 1 is 1.07 bits per heavy atom. The summed E-state index contributed by atoms with van der Waals surface area (Å²) in [6, 6.07) is 18.5. The minimum absolute atomic E-state index is 0.0885. The maximum Gasteiger partial charge on any atom is 0.220 e. The lowest BCUT2D eigenvalue weighted by atomic mass is 9.97. The molecule has 5 heteroatoms. The highest BCUT2D eigenvalue weighted by molar-refractivity contribution is 5.76. The second kappa shape index (κ2) is 11.0. The van der Waals surface area contributed by atoms with Crippen LogP contribution in [-0.4, -0.2) is 50.3 Å². The Morgan fingerprint density at radius 2 is 1.76 bits per heavy atom. The lowest BCUT2D eigenvalue weighted by Gasteiger charge is -2.35. The van der Waals surface area contributed by atoms with Gasteiger partial charge in [0.05, 0.1) is 25.9 Å². The number of rotatable bonds is 9. The van der Waals surface area contributed by atoms with Crippen molar-refractivity contribution in [2.45, 2.75) is 32.2 Å². The maximum atomic E-state index is 12.6. The van der Waals surface area contributed by atoms with Gasteiger partial charge in [0.15, 0.2) is 0 Å². The number of benzene rings is 2. The number of nitrogens with zero attached hydrogens (tertiary/aromatic N) is 1.